The van der Waals surface area contributed by atoms with Gasteiger partial charge in [-0.05, 0) is 49.3 Å². The number of alkyl halides is 3. The second-order valence-electron chi connectivity index (χ2n) is 8.86. The molecular weight excluding hydrogens is 489 g/mol. The molecular formula is C26H33F3N4O2S. The van der Waals surface area contributed by atoms with Gasteiger partial charge in [-0.15, -0.1) is 12.6 Å². The Balaban J connectivity index is 1.69. The number of nitrogens with zero attached hydrogens (tertiary/aromatic N) is 3. The highest BCUT2D eigenvalue weighted by Crippen LogP contribution is 2.22. The number of oxime groups is 1. The van der Waals surface area contributed by atoms with Gasteiger partial charge in [0.15, 0.2) is 0 Å². The van der Waals surface area contributed by atoms with Crippen LogP contribution in [0.3, 0.4) is 0 Å². The summed E-state index contributed by atoms with van der Waals surface area (Å²) in [5, 5.41) is 8.22. The van der Waals surface area contributed by atoms with E-state index in [-0.39, 0.29) is 11.9 Å². The van der Waals surface area contributed by atoms with Crippen LogP contribution in [0.1, 0.15) is 43.6 Å². The van der Waals surface area contributed by atoms with Gasteiger partial charge in [0.25, 0.3) is 5.91 Å². The number of para-hydroxylation sites is 1. The van der Waals surface area contributed by atoms with Crippen molar-refractivity contribution in [1.29, 1.82) is 0 Å². The summed E-state index contributed by atoms with van der Waals surface area (Å²) in [6.07, 6.45) is 2.93. The van der Waals surface area contributed by atoms with Crippen LogP contribution in [0.25, 0.3) is 10.9 Å². The fourth-order valence-electron chi connectivity index (χ4n) is 4.14. The van der Waals surface area contributed by atoms with E-state index in [0.717, 1.165) is 21.5 Å². The molecule has 0 unspecified atom stereocenters. The summed E-state index contributed by atoms with van der Waals surface area (Å²) in [4.78, 5) is 21.0. The number of aromatic nitrogens is 1. The number of fused-ring (bicyclic) bond motifs is 1. The Bertz CT molecular complexity index is 1110. The lowest BCUT2D eigenvalue weighted by atomic mass is 10.0. The minimum Gasteiger partial charge on any atom is -0.392 e. The van der Waals surface area contributed by atoms with Gasteiger partial charge in [-0.1, -0.05) is 42.4 Å². The number of halogens is 3. The van der Waals surface area contributed by atoms with Crippen LogP contribution in [0.15, 0.2) is 58.6 Å². The molecule has 2 heterocycles. The van der Waals surface area contributed by atoms with Crippen LogP contribution in [-0.2, 0) is 11.4 Å². The van der Waals surface area contributed by atoms with Crippen molar-refractivity contribution in [3.63, 3.8) is 0 Å². The topological polar surface area (TPSA) is 58.9 Å². The summed E-state index contributed by atoms with van der Waals surface area (Å²) in [5.41, 5.74) is 2.17. The normalized spacial score (nSPS) is 16.7. The molecule has 0 atom stereocenters. The smallest absolute Gasteiger partial charge is 0.392 e. The van der Waals surface area contributed by atoms with E-state index in [1.54, 1.807) is 0 Å². The number of amides is 1. The second kappa shape index (κ2) is 13.0. The monoisotopic (exact) mass is 522 g/mol. The summed E-state index contributed by atoms with van der Waals surface area (Å²) in [5.74, 6) is -0.242. The predicted octanol–water partition coefficient (Wildman–Crippen LogP) is 5.57. The van der Waals surface area contributed by atoms with Crippen LogP contribution < -0.4 is 5.32 Å². The lowest BCUT2D eigenvalue weighted by Gasteiger charge is -2.32. The van der Waals surface area contributed by atoms with Gasteiger partial charge < -0.3 is 14.7 Å². The molecule has 3 rings (SSSR count). The molecule has 36 heavy (non-hydrogen) atoms. The van der Waals surface area contributed by atoms with Crippen molar-refractivity contribution >= 4 is 35.2 Å². The molecule has 1 amide bonds. The number of hydrogen-bond donors (Lipinski definition) is 2. The minimum absolute atomic E-state index is 0.169. The SMILES string of the molecule is CC/C(Cn1c(C(=O)NC2CCN(CC(F)(F)F)CC2)cc2ccccc21)=N\OC/C=C/C=C(/C)S. The van der Waals surface area contributed by atoms with Gasteiger partial charge in [0, 0.05) is 30.0 Å². The zero-order chi connectivity index (χ0) is 26.1. The van der Waals surface area contributed by atoms with Crippen molar-refractivity contribution < 1.29 is 22.8 Å². The number of nitrogens with one attached hydrogen (secondary N) is 1. The zero-order valence-electron chi connectivity index (χ0n) is 20.6. The van der Waals surface area contributed by atoms with Gasteiger partial charge in [-0.3, -0.25) is 9.69 Å². The highest BCUT2D eigenvalue weighted by molar-refractivity contribution is 7.84. The molecule has 196 valence electrons. The first-order chi connectivity index (χ1) is 17.2. The summed E-state index contributed by atoms with van der Waals surface area (Å²) in [6.45, 7) is 4.25. The van der Waals surface area contributed by atoms with Gasteiger partial charge in [0.05, 0.1) is 18.8 Å². The number of carbonyl (C=O) groups is 1. The summed E-state index contributed by atoms with van der Waals surface area (Å²) < 4.78 is 39.9. The van der Waals surface area contributed by atoms with E-state index < -0.39 is 12.7 Å². The third-order valence-electron chi connectivity index (χ3n) is 5.96. The maximum absolute atomic E-state index is 13.3. The Morgan fingerprint density at radius 3 is 2.67 bits per heavy atom. The third-order valence-corrected chi connectivity index (χ3v) is 6.10. The van der Waals surface area contributed by atoms with Crippen molar-refractivity contribution in [2.75, 3.05) is 26.2 Å². The van der Waals surface area contributed by atoms with Crippen LogP contribution in [0.4, 0.5) is 13.2 Å². The molecule has 2 aromatic rings. The average molecular weight is 523 g/mol. The number of rotatable bonds is 10. The van der Waals surface area contributed by atoms with E-state index in [1.165, 1.54) is 4.90 Å². The fraction of sp³-hybridized carbons (Fsp3) is 0.462. The molecule has 1 aliphatic rings. The molecule has 6 nitrogen and oxygen atoms in total. The lowest BCUT2D eigenvalue weighted by Crippen LogP contribution is -2.47. The van der Waals surface area contributed by atoms with Crippen LogP contribution in [-0.4, -0.2) is 59.5 Å². The van der Waals surface area contributed by atoms with Crippen LogP contribution in [0, 0.1) is 0 Å². The van der Waals surface area contributed by atoms with Gasteiger partial charge in [-0.25, -0.2) is 0 Å². The first-order valence-corrected chi connectivity index (χ1v) is 12.5. The largest absolute Gasteiger partial charge is 0.401 e. The number of likely N-dealkylation sites (tertiary alicyclic amines) is 1. The minimum atomic E-state index is -4.21. The molecule has 1 aromatic heterocycles. The molecule has 0 spiro atoms. The number of piperidine rings is 1. The van der Waals surface area contributed by atoms with E-state index in [1.807, 2.05) is 67.0 Å². The quantitative estimate of drug-likeness (QED) is 0.141. The molecule has 1 saturated heterocycles. The zero-order valence-corrected chi connectivity index (χ0v) is 21.5. The van der Waals surface area contributed by atoms with E-state index in [4.69, 9.17) is 4.84 Å². The van der Waals surface area contributed by atoms with E-state index in [2.05, 4.69) is 23.1 Å². The number of thiol groups is 1. The average Bonchev–Trinajstić information content (AvgIpc) is 3.19. The first-order valence-electron chi connectivity index (χ1n) is 12.0. The molecule has 0 radical (unpaired) electrons. The Morgan fingerprint density at radius 1 is 1.28 bits per heavy atom. The number of allylic oxidation sites excluding steroid dienone is 3. The van der Waals surface area contributed by atoms with E-state index in [0.29, 0.717) is 51.2 Å². The summed E-state index contributed by atoms with van der Waals surface area (Å²) in [6, 6.07) is 9.39. The van der Waals surface area contributed by atoms with Gasteiger partial charge >= 0.3 is 6.18 Å². The molecule has 1 aromatic carbocycles. The molecule has 1 aliphatic heterocycles. The van der Waals surface area contributed by atoms with Crippen molar-refractivity contribution in [2.24, 2.45) is 5.16 Å². The molecule has 1 fully saturated rings. The molecule has 0 aliphatic carbocycles. The predicted molar refractivity (Wildman–Crippen MR) is 140 cm³/mol. The molecule has 1 N–H and O–H groups in total. The van der Waals surface area contributed by atoms with E-state index in [9.17, 15) is 18.0 Å². The van der Waals surface area contributed by atoms with Crippen molar-refractivity contribution in [2.45, 2.75) is 51.9 Å². The Kier molecular flexibility index (Phi) is 10.1. The molecule has 0 saturated carbocycles. The van der Waals surface area contributed by atoms with Crippen LogP contribution >= 0.6 is 12.6 Å². The van der Waals surface area contributed by atoms with Gasteiger partial charge in [0.1, 0.15) is 12.3 Å². The highest BCUT2D eigenvalue weighted by Gasteiger charge is 2.33. The fourth-order valence-corrected chi connectivity index (χ4v) is 4.23. The van der Waals surface area contributed by atoms with Crippen LogP contribution in [0.2, 0.25) is 0 Å². The second-order valence-corrected chi connectivity index (χ2v) is 9.56. The molecule has 0 bridgehead atoms. The van der Waals surface area contributed by atoms with Crippen molar-refractivity contribution in [1.82, 2.24) is 14.8 Å². The van der Waals surface area contributed by atoms with Gasteiger partial charge in [-0.2, -0.15) is 13.2 Å². The standard InChI is InChI=1S/C26H33F3N4O2S/c1-3-21(31-35-15-7-6-8-19(2)36)17-33-23-10-5-4-9-20(23)16-24(33)25(34)30-22-11-13-32(14-12-22)18-26(27,28)29/h4-10,16,22,36H,3,11-15,17-18H2,1-2H3,(H,30,34)/b7-6+,19-8-,31-21+. The van der Waals surface area contributed by atoms with Crippen molar-refractivity contribution in [3.8, 4) is 0 Å². The Labute approximate surface area is 215 Å². The third kappa shape index (κ3) is 8.44. The maximum atomic E-state index is 13.3. The van der Waals surface area contributed by atoms with E-state index >= 15 is 0 Å². The maximum Gasteiger partial charge on any atom is 0.401 e. The summed E-state index contributed by atoms with van der Waals surface area (Å²) in [7, 11) is 0. The number of carbonyl (C=O) groups excluding carboxylic acids is 1. The molecule has 10 heteroatoms. The van der Waals surface area contributed by atoms with Crippen LogP contribution in [0.5, 0.6) is 0 Å². The van der Waals surface area contributed by atoms with Crippen molar-refractivity contribution in [3.05, 3.63) is 59.2 Å². The summed E-state index contributed by atoms with van der Waals surface area (Å²) >= 11 is 4.20. The first kappa shape index (κ1) is 27.9. The number of hydrogen-bond acceptors (Lipinski definition) is 5. The number of benzene rings is 1. The lowest BCUT2D eigenvalue weighted by molar-refractivity contribution is -0.148. The Morgan fingerprint density at radius 2 is 2.00 bits per heavy atom. The highest BCUT2D eigenvalue weighted by atomic mass is 32.1. The van der Waals surface area contributed by atoms with Gasteiger partial charge in [0.2, 0.25) is 0 Å². The Hall–Kier alpha value is -2.72.